The summed E-state index contributed by atoms with van der Waals surface area (Å²) in [6.45, 7) is 14.0. The van der Waals surface area contributed by atoms with Crippen LogP contribution in [0.5, 0.6) is 0 Å². The maximum absolute atomic E-state index is 10.3. The molecular weight excluding hydrogens is 252 g/mol. The second-order valence-corrected chi connectivity index (χ2v) is 13.3. The van der Waals surface area contributed by atoms with Gasteiger partial charge in [-0.1, -0.05) is 34.1 Å². The SMILES string of the molecule is CC(C)(C)[Si](C)(C)O[C@H]1CC[C@H]2[C@H](O)CCC[C@]12C. The molecule has 2 saturated carbocycles. The van der Waals surface area contributed by atoms with Gasteiger partial charge >= 0.3 is 0 Å². The Balaban J connectivity index is 2.14. The van der Waals surface area contributed by atoms with Crippen LogP contribution in [0.2, 0.25) is 18.1 Å². The number of hydrogen-bond donors (Lipinski definition) is 1. The third kappa shape index (κ3) is 2.66. The predicted molar refractivity (Wildman–Crippen MR) is 82.8 cm³/mol. The molecule has 0 amide bonds. The van der Waals surface area contributed by atoms with Gasteiger partial charge in [-0.25, -0.2) is 0 Å². The molecular formula is C16H32O2Si. The van der Waals surface area contributed by atoms with E-state index in [9.17, 15) is 5.11 Å². The molecule has 2 fully saturated rings. The fourth-order valence-corrected chi connectivity index (χ4v) is 5.28. The van der Waals surface area contributed by atoms with E-state index in [2.05, 4.69) is 40.8 Å². The molecule has 2 rings (SSSR count). The molecule has 3 heteroatoms. The van der Waals surface area contributed by atoms with E-state index in [0.717, 1.165) is 25.7 Å². The first-order chi connectivity index (χ1) is 8.58. The Bertz CT molecular complexity index is 334. The van der Waals surface area contributed by atoms with E-state index in [-0.39, 0.29) is 16.6 Å². The van der Waals surface area contributed by atoms with Gasteiger partial charge in [-0.3, -0.25) is 0 Å². The lowest BCUT2D eigenvalue weighted by Crippen LogP contribution is -2.50. The molecule has 0 aliphatic heterocycles. The average Bonchev–Trinajstić information content (AvgIpc) is 2.55. The Morgan fingerprint density at radius 3 is 2.37 bits per heavy atom. The largest absolute Gasteiger partial charge is 0.413 e. The van der Waals surface area contributed by atoms with Crippen molar-refractivity contribution < 1.29 is 9.53 Å². The van der Waals surface area contributed by atoms with Gasteiger partial charge in [0, 0.05) is 0 Å². The monoisotopic (exact) mass is 284 g/mol. The van der Waals surface area contributed by atoms with Crippen LogP contribution >= 0.6 is 0 Å². The van der Waals surface area contributed by atoms with Crippen molar-refractivity contribution in [1.82, 2.24) is 0 Å². The Morgan fingerprint density at radius 2 is 1.79 bits per heavy atom. The second kappa shape index (κ2) is 4.85. The van der Waals surface area contributed by atoms with Crippen LogP contribution in [0.3, 0.4) is 0 Å². The lowest BCUT2D eigenvalue weighted by atomic mass is 9.67. The predicted octanol–water partition coefficient (Wildman–Crippen LogP) is 4.34. The van der Waals surface area contributed by atoms with Gasteiger partial charge in [-0.05, 0) is 55.1 Å². The van der Waals surface area contributed by atoms with E-state index in [1.54, 1.807) is 0 Å². The summed E-state index contributed by atoms with van der Waals surface area (Å²) in [5.41, 5.74) is 0.215. The van der Waals surface area contributed by atoms with Crippen molar-refractivity contribution in [3.05, 3.63) is 0 Å². The Labute approximate surface area is 120 Å². The lowest BCUT2D eigenvalue weighted by Gasteiger charge is -2.47. The first-order valence-corrected chi connectivity index (χ1v) is 10.8. The molecule has 0 aromatic carbocycles. The molecule has 0 bridgehead atoms. The molecule has 0 spiro atoms. The summed E-state index contributed by atoms with van der Waals surface area (Å²) < 4.78 is 6.71. The van der Waals surface area contributed by atoms with Gasteiger partial charge in [-0.15, -0.1) is 0 Å². The maximum Gasteiger partial charge on any atom is 0.192 e. The maximum atomic E-state index is 10.3. The number of hydrogen-bond acceptors (Lipinski definition) is 2. The highest BCUT2D eigenvalue weighted by atomic mass is 28.4. The summed E-state index contributed by atoms with van der Waals surface area (Å²) in [7, 11) is -1.70. The van der Waals surface area contributed by atoms with E-state index < -0.39 is 8.32 Å². The molecule has 0 unspecified atom stereocenters. The first-order valence-electron chi connectivity index (χ1n) is 7.94. The number of aliphatic hydroxyl groups excluding tert-OH is 1. The standard InChI is InChI=1S/C16H32O2Si/c1-15(2,3)19(5,6)18-14-10-9-12-13(17)8-7-11-16(12,14)4/h12-14,17H,7-11H2,1-6H3/t12-,13+,14-,16-/m0/s1. The number of rotatable bonds is 2. The third-order valence-corrected chi connectivity index (χ3v) is 10.7. The topological polar surface area (TPSA) is 29.5 Å². The van der Waals surface area contributed by atoms with Gasteiger partial charge < -0.3 is 9.53 Å². The normalized spacial score (nSPS) is 40.3. The molecule has 2 aliphatic carbocycles. The van der Waals surface area contributed by atoms with Gasteiger partial charge in [0.2, 0.25) is 0 Å². The van der Waals surface area contributed by atoms with Crippen LogP contribution in [0.25, 0.3) is 0 Å². The zero-order valence-electron chi connectivity index (χ0n) is 13.6. The first kappa shape index (κ1) is 15.5. The Kier molecular flexibility index (Phi) is 3.96. The highest BCUT2D eigenvalue weighted by Gasteiger charge is 2.53. The molecule has 112 valence electrons. The lowest BCUT2D eigenvalue weighted by molar-refractivity contribution is -0.0436. The molecule has 2 nitrogen and oxygen atoms in total. The molecule has 19 heavy (non-hydrogen) atoms. The smallest absolute Gasteiger partial charge is 0.192 e. The fraction of sp³-hybridized carbons (Fsp3) is 1.00. The van der Waals surface area contributed by atoms with Gasteiger partial charge in [-0.2, -0.15) is 0 Å². The van der Waals surface area contributed by atoms with Gasteiger partial charge in [0.15, 0.2) is 8.32 Å². The highest BCUT2D eigenvalue weighted by Crippen LogP contribution is 2.55. The minimum absolute atomic E-state index is 0.0910. The van der Waals surface area contributed by atoms with Crippen LogP contribution in [0, 0.1) is 11.3 Å². The van der Waals surface area contributed by atoms with Crippen molar-refractivity contribution in [2.45, 2.75) is 90.1 Å². The quantitative estimate of drug-likeness (QED) is 0.764. The second-order valence-electron chi connectivity index (χ2n) is 8.52. The van der Waals surface area contributed by atoms with Crippen molar-refractivity contribution in [1.29, 1.82) is 0 Å². The fourth-order valence-electron chi connectivity index (χ4n) is 3.83. The summed E-state index contributed by atoms with van der Waals surface area (Å²) in [4.78, 5) is 0. The van der Waals surface area contributed by atoms with Crippen molar-refractivity contribution >= 4 is 8.32 Å². The van der Waals surface area contributed by atoms with E-state index in [1.807, 2.05) is 0 Å². The molecule has 0 heterocycles. The van der Waals surface area contributed by atoms with Crippen LogP contribution in [0.15, 0.2) is 0 Å². The van der Waals surface area contributed by atoms with Crippen LogP contribution in [0.1, 0.15) is 59.8 Å². The zero-order chi connectivity index (χ0) is 14.5. The third-order valence-electron chi connectivity index (χ3n) is 6.25. The highest BCUT2D eigenvalue weighted by molar-refractivity contribution is 6.74. The molecule has 0 aromatic heterocycles. The van der Waals surface area contributed by atoms with Gasteiger partial charge in [0.25, 0.3) is 0 Å². The molecule has 0 aromatic rings. The van der Waals surface area contributed by atoms with Crippen LogP contribution < -0.4 is 0 Å². The van der Waals surface area contributed by atoms with Crippen LogP contribution in [-0.4, -0.2) is 25.6 Å². The summed E-state index contributed by atoms with van der Waals surface area (Å²) in [6, 6.07) is 0. The zero-order valence-corrected chi connectivity index (χ0v) is 14.6. The Hall–Kier alpha value is 0.137. The molecule has 0 radical (unpaired) electrons. The van der Waals surface area contributed by atoms with Crippen molar-refractivity contribution in [2.75, 3.05) is 0 Å². The number of aliphatic hydroxyl groups is 1. The van der Waals surface area contributed by atoms with E-state index in [4.69, 9.17) is 4.43 Å². The molecule has 0 saturated heterocycles. The molecule has 2 aliphatic rings. The van der Waals surface area contributed by atoms with Crippen molar-refractivity contribution in [2.24, 2.45) is 11.3 Å². The summed E-state index contributed by atoms with van der Waals surface area (Å²) in [5, 5.41) is 10.5. The van der Waals surface area contributed by atoms with Gasteiger partial charge in [0.05, 0.1) is 12.2 Å². The van der Waals surface area contributed by atoms with Gasteiger partial charge in [0.1, 0.15) is 0 Å². The Morgan fingerprint density at radius 1 is 1.16 bits per heavy atom. The van der Waals surface area contributed by atoms with Crippen LogP contribution in [0.4, 0.5) is 0 Å². The summed E-state index contributed by atoms with van der Waals surface area (Å²) in [6.07, 6.45) is 5.95. The minimum atomic E-state index is -1.70. The molecule has 4 atom stereocenters. The molecule has 1 N–H and O–H groups in total. The van der Waals surface area contributed by atoms with E-state index in [1.165, 1.54) is 6.42 Å². The minimum Gasteiger partial charge on any atom is -0.413 e. The summed E-state index contributed by atoms with van der Waals surface area (Å²) >= 11 is 0. The number of fused-ring (bicyclic) bond motifs is 1. The van der Waals surface area contributed by atoms with E-state index in [0.29, 0.717) is 12.0 Å². The van der Waals surface area contributed by atoms with E-state index >= 15 is 0 Å². The average molecular weight is 285 g/mol. The van der Waals surface area contributed by atoms with Crippen molar-refractivity contribution in [3.8, 4) is 0 Å². The van der Waals surface area contributed by atoms with Crippen LogP contribution in [-0.2, 0) is 4.43 Å². The summed E-state index contributed by atoms with van der Waals surface area (Å²) in [5.74, 6) is 0.469. The van der Waals surface area contributed by atoms with Crippen molar-refractivity contribution in [3.63, 3.8) is 0 Å².